The van der Waals surface area contributed by atoms with Crippen molar-refractivity contribution < 1.29 is 9.50 Å². The van der Waals surface area contributed by atoms with Crippen LogP contribution in [0.4, 0.5) is 4.39 Å². The highest BCUT2D eigenvalue weighted by atomic mass is 79.9. The fraction of sp³-hybridized carbons (Fsp3) is 0.500. The largest absolute Gasteiger partial charge is 0.388 e. The Kier molecular flexibility index (Phi) is 4.47. The minimum Gasteiger partial charge on any atom is -0.388 e. The SMILES string of the molecule is CC(C)C(O)(CN)Cc1cc(F)cc(Br)c1. The zero-order chi connectivity index (χ0) is 12.3. The molecule has 0 aliphatic heterocycles. The van der Waals surface area contributed by atoms with E-state index in [1.807, 2.05) is 13.8 Å². The van der Waals surface area contributed by atoms with Crippen LogP contribution < -0.4 is 5.73 Å². The van der Waals surface area contributed by atoms with E-state index in [0.717, 1.165) is 5.56 Å². The summed E-state index contributed by atoms with van der Waals surface area (Å²) >= 11 is 3.23. The Balaban J connectivity index is 2.94. The lowest BCUT2D eigenvalue weighted by molar-refractivity contribution is 0.00402. The predicted octanol–water partition coefficient (Wildman–Crippen LogP) is 2.48. The minimum absolute atomic E-state index is 0.0274. The van der Waals surface area contributed by atoms with E-state index < -0.39 is 5.60 Å². The quantitative estimate of drug-likeness (QED) is 0.895. The van der Waals surface area contributed by atoms with Crippen molar-refractivity contribution in [3.05, 3.63) is 34.1 Å². The predicted molar refractivity (Wildman–Crippen MR) is 66.6 cm³/mol. The average molecular weight is 290 g/mol. The van der Waals surface area contributed by atoms with Crippen molar-refractivity contribution in [2.45, 2.75) is 25.9 Å². The normalized spacial score (nSPS) is 15.2. The molecule has 0 amide bonds. The Morgan fingerprint density at radius 3 is 2.50 bits per heavy atom. The number of aliphatic hydroxyl groups is 1. The molecule has 0 aliphatic rings. The third-order valence-electron chi connectivity index (χ3n) is 2.86. The standard InChI is InChI=1S/C12H17BrFNO/c1-8(2)12(16,7-15)6-9-3-10(13)5-11(14)4-9/h3-5,8,16H,6-7,15H2,1-2H3. The van der Waals surface area contributed by atoms with Crippen molar-refractivity contribution in [2.75, 3.05) is 6.54 Å². The van der Waals surface area contributed by atoms with Gasteiger partial charge in [0, 0.05) is 17.4 Å². The van der Waals surface area contributed by atoms with Gasteiger partial charge < -0.3 is 10.8 Å². The zero-order valence-corrected chi connectivity index (χ0v) is 11.1. The monoisotopic (exact) mass is 289 g/mol. The molecule has 1 aromatic rings. The van der Waals surface area contributed by atoms with Crippen LogP contribution in [0.5, 0.6) is 0 Å². The fourth-order valence-electron chi connectivity index (χ4n) is 1.58. The Hall–Kier alpha value is -0.450. The Bertz CT molecular complexity index is 350. The van der Waals surface area contributed by atoms with E-state index in [0.29, 0.717) is 10.9 Å². The van der Waals surface area contributed by atoms with E-state index in [1.165, 1.54) is 12.1 Å². The van der Waals surface area contributed by atoms with Gasteiger partial charge in [0.2, 0.25) is 0 Å². The number of hydrogen-bond acceptors (Lipinski definition) is 2. The van der Waals surface area contributed by atoms with Gasteiger partial charge in [-0.1, -0.05) is 29.8 Å². The second-order valence-electron chi connectivity index (χ2n) is 4.42. The molecule has 0 aliphatic carbocycles. The summed E-state index contributed by atoms with van der Waals surface area (Å²) in [4.78, 5) is 0. The van der Waals surface area contributed by atoms with Crippen LogP contribution in [0.15, 0.2) is 22.7 Å². The van der Waals surface area contributed by atoms with Crippen LogP contribution in [0.2, 0.25) is 0 Å². The molecule has 0 saturated carbocycles. The molecule has 1 unspecified atom stereocenters. The molecule has 0 radical (unpaired) electrons. The maximum atomic E-state index is 13.2. The van der Waals surface area contributed by atoms with Gasteiger partial charge in [0.1, 0.15) is 5.82 Å². The van der Waals surface area contributed by atoms with Crippen molar-refractivity contribution >= 4 is 15.9 Å². The Labute approximate surface area is 104 Å². The lowest BCUT2D eigenvalue weighted by atomic mass is 9.84. The smallest absolute Gasteiger partial charge is 0.124 e. The zero-order valence-electron chi connectivity index (χ0n) is 9.50. The topological polar surface area (TPSA) is 46.2 Å². The van der Waals surface area contributed by atoms with Gasteiger partial charge in [-0.15, -0.1) is 0 Å². The summed E-state index contributed by atoms with van der Waals surface area (Å²) in [5.41, 5.74) is 5.34. The molecule has 16 heavy (non-hydrogen) atoms. The molecular weight excluding hydrogens is 273 g/mol. The molecule has 0 heterocycles. The van der Waals surface area contributed by atoms with E-state index in [9.17, 15) is 9.50 Å². The van der Waals surface area contributed by atoms with Crippen molar-refractivity contribution in [2.24, 2.45) is 11.7 Å². The van der Waals surface area contributed by atoms with Crippen molar-refractivity contribution in [3.63, 3.8) is 0 Å². The van der Waals surface area contributed by atoms with E-state index in [2.05, 4.69) is 15.9 Å². The number of hydrogen-bond donors (Lipinski definition) is 2. The third kappa shape index (κ3) is 3.27. The first-order chi connectivity index (χ1) is 7.37. The summed E-state index contributed by atoms with van der Waals surface area (Å²) in [7, 11) is 0. The maximum absolute atomic E-state index is 13.2. The molecule has 0 saturated heterocycles. The Morgan fingerprint density at radius 2 is 2.06 bits per heavy atom. The molecule has 4 heteroatoms. The maximum Gasteiger partial charge on any atom is 0.124 e. The van der Waals surface area contributed by atoms with Gasteiger partial charge in [0.15, 0.2) is 0 Å². The summed E-state index contributed by atoms with van der Waals surface area (Å²) in [6.07, 6.45) is 0.359. The minimum atomic E-state index is -0.979. The van der Waals surface area contributed by atoms with Crippen LogP contribution in [0, 0.1) is 11.7 Å². The first-order valence-electron chi connectivity index (χ1n) is 5.25. The van der Waals surface area contributed by atoms with E-state index in [4.69, 9.17) is 5.73 Å². The van der Waals surface area contributed by atoms with Crippen molar-refractivity contribution in [3.8, 4) is 0 Å². The van der Waals surface area contributed by atoms with Crippen LogP contribution in [-0.4, -0.2) is 17.3 Å². The molecule has 2 nitrogen and oxygen atoms in total. The highest BCUT2D eigenvalue weighted by Crippen LogP contribution is 2.24. The van der Waals surface area contributed by atoms with Crippen molar-refractivity contribution in [1.29, 1.82) is 0 Å². The summed E-state index contributed by atoms with van der Waals surface area (Å²) in [6, 6.07) is 4.61. The number of halogens is 2. The molecule has 0 bridgehead atoms. The van der Waals surface area contributed by atoms with Gasteiger partial charge in [-0.25, -0.2) is 4.39 Å². The van der Waals surface area contributed by atoms with Gasteiger partial charge in [-0.05, 0) is 29.7 Å². The van der Waals surface area contributed by atoms with Gasteiger partial charge in [-0.3, -0.25) is 0 Å². The van der Waals surface area contributed by atoms with E-state index in [-0.39, 0.29) is 18.3 Å². The van der Waals surface area contributed by atoms with Gasteiger partial charge in [-0.2, -0.15) is 0 Å². The molecular formula is C12H17BrFNO. The highest BCUT2D eigenvalue weighted by molar-refractivity contribution is 9.10. The van der Waals surface area contributed by atoms with E-state index >= 15 is 0 Å². The first-order valence-corrected chi connectivity index (χ1v) is 6.04. The second kappa shape index (κ2) is 5.25. The lowest BCUT2D eigenvalue weighted by Crippen LogP contribution is -2.44. The molecule has 0 spiro atoms. The van der Waals surface area contributed by atoms with Gasteiger partial charge >= 0.3 is 0 Å². The van der Waals surface area contributed by atoms with Crippen molar-refractivity contribution in [1.82, 2.24) is 0 Å². The first kappa shape index (κ1) is 13.6. The lowest BCUT2D eigenvalue weighted by Gasteiger charge is -2.31. The molecule has 1 atom stereocenters. The van der Waals surface area contributed by atoms with Crippen LogP contribution >= 0.6 is 15.9 Å². The molecule has 90 valence electrons. The van der Waals surface area contributed by atoms with E-state index in [1.54, 1.807) is 6.07 Å². The molecule has 3 N–H and O–H groups in total. The molecule has 1 aromatic carbocycles. The Morgan fingerprint density at radius 1 is 1.44 bits per heavy atom. The summed E-state index contributed by atoms with van der Waals surface area (Å²) in [5, 5.41) is 10.3. The van der Waals surface area contributed by atoms with Crippen LogP contribution in [0.3, 0.4) is 0 Å². The number of nitrogens with two attached hydrogens (primary N) is 1. The number of benzene rings is 1. The van der Waals surface area contributed by atoms with Gasteiger partial charge in [0.25, 0.3) is 0 Å². The van der Waals surface area contributed by atoms with Crippen LogP contribution in [0.1, 0.15) is 19.4 Å². The van der Waals surface area contributed by atoms with Crippen LogP contribution in [-0.2, 0) is 6.42 Å². The number of rotatable bonds is 4. The average Bonchev–Trinajstić information content (AvgIpc) is 2.15. The molecule has 0 fully saturated rings. The van der Waals surface area contributed by atoms with Crippen LogP contribution in [0.25, 0.3) is 0 Å². The molecule has 1 rings (SSSR count). The third-order valence-corrected chi connectivity index (χ3v) is 3.32. The highest BCUT2D eigenvalue weighted by Gasteiger charge is 2.29. The summed E-state index contributed by atoms with van der Waals surface area (Å²) in [5.74, 6) is -0.285. The molecule has 0 aromatic heterocycles. The fourth-order valence-corrected chi connectivity index (χ4v) is 2.09. The van der Waals surface area contributed by atoms with Gasteiger partial charge in [0.05, 0.1) is 5.60 Å². The summed E-state index contributed by atoms with van der Waals surface area (Å²) in [6.45, 7) is 3.97. The second-order valence-corrected chi connectivity index (χ2v) is 5.33. The summed E-state index contributed by atoms with van der Waals surface area (Å²) < 4.78 is 13.8.